The Hall–Kier alpha value is -2.64. The highest BCUT2D eigenvalue weighted by molar-refractivity contribution is 6.01. The number of carbonyl (C=O) groups is 2. The van der Waals surface area contributed by atoms with Crippen molar-refractivity contribution in [1.82, 2.24) is 10.2 Å². The summed E-state index contributed by atoms with van der Waals surface area (Å²) in [5.41, 5.74) is 0.301. The first kappa shape index (κ1) is 19.1. The molecule has 0 unspecified atom stereocenters. The van der Waals surface area contributed by atoms with Crippen LogP contribution in [0, 0.1) is 0 Å². The Labute approximate surface area is 157 Å². The number of ether oxygens (including phenoxy) is 1. The number of aliphatic hydroxyl groups excluding tert-OH is 2. The maximum absolute atomic E-state index is 12.9. The number of amides is 2. The van der Waals surface area contributed by atoms with E-state index < -0.39 is 0 Å². The zero-order valence-electron chi connectivity index (χ0n) is 15.1. The number of hydrogen-bond donors (Lipinski definition) is 3. The topological polar surface area (TPSA) is 99.1 Å². The molecular formula is C20H24N2O5. The average Bonchev–Trinajstić information content (AvgIpc) is 3.49. The number of aliphatic hydroxyl groups is 2. The summed E-state index contributed by atoms with van der Waals surface area (Å²) < 4.78 is 5.68. The minimum Gasteiger partial charge on any atom is -0.483 e. The molecule has 2 aromatic carbocycles. The van der Waals surface area contributed by atoms with Crippen molar-refractivity contribution in [2.45, 2.75) is 18.9 Å². The van der Waals surface area contributed by atoms with Gasteiger partial charge >= 0.3 is 0 Å². The molecule has 3 rings (SSSR count). The molecule has 0 saturated heterocycles. The van der Waals surface area contributed by atoms with Gasteiger partial charge in [0.1, 0.15) is 5.75 Å². The SMILES string of the molecule is O=C(COc1cc2ccccc2cc1C(=O)N(CCO)CCO)NC1CC1. The van der Waals surface area contributed by atoms with Gasteiger partial charge in [-0.05, 0) is 35.7 Å². The van der Waals surface area contributed by atoms with Crippen LogP contribution in [0.3, 0.4) is 0 Å². The van der Waals surface area contributed by atoms with Crippen molar-refractivity contribution < 1.29 is 24.5 Å². The van der Waals surface area contributed by atoms with Crippen molar-refractivity contribution in [2.24, 2.45) is 0 Å². The molecule has 0 spiro atoms. The van der Waals surface area contributed by atoms with Crippen LogP contribution in [0.4, 0.5) is 0 Å². The first-order valence-electron chi connectivity index (χ1n) is 9.08. The molecule has 1 aliphatic carbocycles. The Morgan fingerprint density at radius 3 is 2.30 bits per heavy atom. The molecule has 0 aliphatic heterocycles. The van der Waals surface area contributed by atoms with Crippen molar-refractivity contribution in [3.05, 3.63) is 42.0 Å². The van der Waals surface area contributed by atoms with E-state index >= 15 is 0 Å². The van der Waals surface area contributed by atoms with Crippen molar-refractivity contribution in [3.63, 3.8) is 0 Å². The normalized spacial score (nSPS) is 13.4. The number of rotatable bonds is 9. The van der Waals surface area contributed by atoms with Gasteiger partial charge < -0.3 is 25.2 Å². The Balaban J connectivity index is 1.87. The summed E-state index contributed by atoms with van der Waals surface area (Å²) in [6, 6.07) is 11.2. The lowest BCUT2D eigenvalue weighted by atomic mass is 10.0. The fourth-order valence-electron chi connectivity index (χ4n) is 2.87. The molecule has 0 heterocycles. The highest BCUT2D eigenvalue weighted by Crippen LogP contribution is 2.27. The zero-order chi connectivity index (χ0) is 19.2. The van der Waals surface area contributed by atoms with Crippen molar-refractivity contribution in [2.75, 3.05) is 32.9 Å². The van der Waals surface area contributed by atoms with E-state index in [-0.39, 0.29) is 50.8 Å². The molecule has 27 heavy (non-hydrogen) atoms. The molecule has 0 radical (unpaired) electrons. The lowest BCUT2D eigenvalue weighted by Gasteiger charge is -2.22. The summed E-state index contributed by atoms with van der Waals surface area (Å²) >= 11 is 0. The van der Waals surface area contributed by atoms with Gasteiger partial charge in [0.15, 0.2) is 6.61 Å². The summed E-state index contributed by atoms with van der Waals surface area (Å²) in [4.78, 5) is 26.3. The third-order valence-electron chi connectivity index (χ3n) is 4.41. The van der Waals surface area contributed by atoms with Crippen LogP contribution in [-0.4, -0.2) is 65.9 Å². The molecule has 3 N–H and O–H groups in total. The molecule has 1 fully saturated rings. The lowest BCUT2D eigenvalue weighted by Crippen LogP contribution is -2.36. The predicted octanol–water partition coefficient (Wildman–Crippen LogP) is 0.924. The second-order valence-electron chi connectivity index (χ2n) is 6.57. The van der Waals surface area contributed by atoms with E-state index in [9.17, 15) is 19.8 Å². The first-order valence-corrected chi connectivity index (χ1v) is 9.08. The fraction of sp³-hybridized carbons (Fsp3) is 0.400. The quantitative estimate of drug-likeness (QED) is 0.608. The number of carbonyl (C=O) groups excluding carboxylic acids is 2. The number of nitrogens with one attached hydrogen (secondary N) is 1. The molecule has 2 amide bonds. The highest BCUT2D eigenvalue weighted by atomic mass is 16.5. The second kappa shape index (κ2) is 8.83. The van der Waals surface area contributed by atoms with Gasteiger partial charge in [0.2, 0.25) is 0 Å². The largest absolute Gasteiger partial charge is 0.483 e. The summed E-state index contributed by atoms with van der Waals surface area (Å²) in [5, 5.41) is 23.0. The lowest BCUT2D eigenvalue weighted by molar-refractivity contribution is -0.123. The van der Waals surface area contributed by atoms with Crippen LogP contribution in [0.1, 0.15) is 23.2 Å². The van der Waals surface area contributed by atoms with Gasteiger partial charge in [-0.15, -0.1) is 0 Å². The maximum atomic E-state index is 12.9. The molecule has 2 aromatic rings. The molecule has 0 atom stereocenters. The van der Waals surface area contributed by atoms with E-state index in [1.165, 1.54) is 4.90 Å². The molecule has 1 saturated carbocycles. The molecular weight excluding hydrogens is 348 g/mol. The minimum atomic E-state index is -0.360. The van der Waals surface area contributed by atoms with E-state index in [2.05, 4.69) is 5.32 Å². The van der Waals surface area contributed by atoms with Gasteiger partial charge in [0, 0.05) is 19.1 Å². The van der Waals surface area contributed by atoms with Gasteiger partial charge in [-0.2, -0.15) is 0 Å². The highest BCUT2D eigenvalue weighted by Gasteiger charge is 2.24. The predicted molar refractivity (Wildman–Crippen MR) is 101 cm³/mol. The number of nitrogens with zero attached hydrogens (tertiary/aromatic N) is 1. The summed E-state index contributed by atoms with van der Waals surface area (Å²) in [5.74, 6) is -0.265. The molecule has 1 aliphatic rings. The Morgan fingerprint density at radius 2 is 1.70 bits per heavy atom. The van der Waals surface area contributed by atoms with Gasteiger partial charge in [0.25, 0.3) is 11.8 Å². The second-order valence-corrected chi connectivity index (χ2v) is 6.57. The molecule has 0 aromatic heterocycles. The van der Waals surface area contributed by atoms with E-state index in [4.69, 9.17) is 4.74 Å². The van der Waals surface area contributed by atoms with E-state index in [0.29, 0.717) is 11.3 Å². The van der Waals surface area contributed by atoms with Crippen LogP contribution in [0.2, 0.25) is 0 Å². The van der Waals surface area contributed by atoms with Crippen LogP contribution in [0.25, 0.3) is 10.8 Å². The first-order chi connectivity index (χ1) is 13.1. The smallest absolute Gasteiger partial charge is 0.258 e. The molecule has 0 bridgehead atoms. The molecule has 7 nitrogen and oxygen atoms in total. The van der Waals surface area contributed by atoms with Gasteiger partial charge in [-0.3, -0.25) is 9.59 Å². The Morgan fingerprint density at radius 1 is 1.07 bits per heavy atom. The standard InChI is InChI=1S/C20H24N2O5/c23-9-7-22(8-10-24)20(26)17-11-14-3-1-2-4-15(14)12-18(17)27-13-19(25)21-16-5-6-16/h1-4,11-12,16,23-24H,5-10,13H2,(H,21,25). The number of fused-ring (bicyclic) bond motifs is 1. The maximum Gasteiger partial charge on any atom is 0.258 e. The molecule has 7 heteroatoms. The van der Waals surface area contributed by atoms with Crippen LogP contribution >= 0.6 is 0 Å². The van der Waals surface area contributed by atoms with Crippen LogP contribution in [0.5, 0.6) is 5.75 Å². The van der Waals surface area contributed by atoms with E-state index in [0.717, 1.165) is 23.6 Å². The summed E-state index contributed by atoms with van der Waals surface area (Å²) in [6.45, 7) is -0.380. The van der Waals surface area contributed by atoms with Crippen LogP contribution < -0.4 is 10.1 Å². The Bertz CT molecular complexity index is 813. The van der Waals surface area contributed by atoms with Crippen LogP contribution in [0.15, 0.2) is 36.4 Å². The van der Waals surface area contributed by atoms with E-state index in [1.54, 1.807) is 12.1 Å². The zero-order valence-corrected chi connectivity index (χ0v) is 15.1. The third kappa shape index (κ3) is 4.96. The van der Waals surface area contributed by atoms with Crippen LogP contribution in [-0.2, 0) is 4.79 Å². The number of benzene rings is 2. The fourth-order valence-corrected chi connectivity index (χ4v) is 2.87. The summed E-state index contributed by atoms with van der Waals surface area (Å²) in [7, 11) is 0. The van der Waals surface area contributed by atoms with Crippen molar-refractivity contribution in [3.8, 4) is 5.75 Å². The van der Waals surface area contributed by atoms with Gasteiger partial charge in [-0.25, -0.2) is 0 Å². The number of hydrogen-bond acceptors (Lipinski definition) is 5. The third-order valence-corrected chi connectivity index (χ3v) is 4.41. The monoisotopic (exact) mass is 372 g/mol. The summed E-state index contributed by atoms with van der Waals surface area (Å²) in [6.07, 6.45) is 1.98. The minimum absolute atomic E-state index is 0.105. The molecule has 144 valence electrons. The van der Waals surface area contributed by atoms with Gasteiger partial charge in [0.05, 0.1) is 18.8 Å². The van der Waals surface area contributed by atoms with Crippen molar-refractivity contribution >= 4 is 22.6 Å². The van der Waals surface area contributed by atoms with E-state index in [1.807, 2.05) is 24.3 Å². The van der Waals surface area contributed by atoms with Crippen molar-refractivity contribution in [1.29, 1.82) is 0 Å². The average molecular weight is 372 g/mol. The Kier molecular flexibility index (Phi) is 6.26. The van der Waals surface area contributed by atoms with Gasteiger partial charge in [-0.1, -0.05) is 24.3 Å².